The molecule has 0 saturated carbocycles. The Balaban J connectivity index is 1.86. The largest absolute Gasteiger partial charge is 0.416 e. The van der Waals surface area contributed by atoms with Crippen molar-refractivity contribution >= 4 is 11.7 Å². The molecule has 1 amide bonds. The van der Waals surface area contributed by atoms with E-state index in [1.54, 1.807) is 4.90 Å². The number of halogens is 3. The van der Waals surface area contributed by atoms with Crippen LogP contribution in [0.2, 0.25) is 0 Å². The molecule has 5 nitrogen and oxygen atoms in total. The van der Waals surface area contributed by atoms with Crippen LogP contribution in [0.25, 0.3) is 0 Å². The highest BCUT2D eigenvalue weighted by Crippen LogP contribution is 2.30. The molecule has 1 aromatic heterocycles. The number of hydrogen-bond acceptors (Lipinski definition) is 4. The Kier molecular flexibility index (Phi) is 5.08. The molecule has 0 fully saturated rings. The van der Waals surface area contributed by atoms with E-state index >= 15 is 0 Å². The van der Waals surface area contributed by atoms with E-state index in [1.807, 2.05) is 25.8 Å². The highest BCUT2D eigenvalue weighted by molar-refractivity contribution is 5.94. The van der Waals surface area contributed by atoms with Crippen LogP contribution in [-0.4, -0.2) is 40.9 Å². The maximum absolute atomic E-state index is 12.8. The summed E-state index contributed by atoms with van der Waals surface area (Å²) in [5, 5.41) is 0. The second kappa shape index (κ2) is 7.17. The van der Waals surface area contributed by atoms with Gasteiger partial charge in [0.1, 0.15) is 11.6 Å². The molecule has 0 atom stereocenters. The maximum Gasteiger partial charge on any atom is 0.416 e. The molecule has 3 rings (SSSR count). The lowest BCUT2D eigenvalue weighted by Gasteiger charge is -2.31. The number of aromatic nitrogens is 2. The number of aryl methyl sites for hydroxylation is 1. The van der Waals surface area contributed by atoms with Gasteiger partial charge in [0.25, 0.3) is 5.91 Å². The van der Waals surface area contributed by atoms with Crippen molar-refractivity contribution in [1.29, 1.82) is 0 Å². The van der Waals surface area contributed by atoms with E-state index in [1.165, 1.54) is 12.1 Å². The summed E-state index contributed by atoms with van der Waals surface area (Å²) in [5.74, 6) is 1.19. The van der Waals surface area contributed by atoms with E-state index < -0.39 is 11.7 Å². The number of alkyl halides is 3. The van der Waals surface area contributed by atoms with Gasteiger partial charge in [-0.2, -0.15) is 13.2 Å². The molecule has 0 radical (unpaired) electrons. The minimum absolute atomic E-state index is 0.241. The minimum Gasteiger partial charge on any atom is -0.360 e. The zero-order chi connectivity index (χ0) is 19.8. The summed E-state index contributed by atoms with van der Waals surface area (Å²) in [6.45, 7) is 5.42. The summed E-state index contributed by atoms with van der Waals surface area (Å²) in [5.41, 5.74) is 1.30. The summed E-state index contributed by atoms with van der Waals surface area (Å²) in [7, 11) is 1.93. The van der Waals surface area contributed by atoms with Crippen LogP contribution in [0.15, 0.2) is 24.3 Å². The molecule has 8 heteroatoms. The van der Waals surface area contributed by atoms with Gasteiger partial charge in [0.2, 0.25) is 0 Å². The Morgan fingerprint density at radius 3 is 2.48 bits per heavy atom. The molecule has 1 aliphatic rings. The number of carbonyl (C=O) groups excluding carboxylic acids is 1. The number of anilines is 1. The Labute approximate surface area is 155 Å². The second-order valence-corrected chi connectivity index (χ2v) is 6.59. The quantitative estimate of drug-likeness (QED) is 0.821. The standard InChI is InChI=1S/C19H21F3N4O/c1-4-25(3)17-15-11-26(10-9-16(15)23-12(2)24-17)18(27)13-5-7-14(8-6-13)19(20,21)22/h5-8H,4,9-11H2,1-3H3. The molecule has 0 aliphatic carbocycles. The Morgan fingerprint density at radius 2 is 1.89 bits per heavy atom. The van der Waals surface area contributed by atoms with Gasteiger partial charge in [-0.05, 0) is 38.1 Å². The van der Waals surface area contributed by atoms with Crippen molar-refractivity contribution < 1.29 is 18.0 Å². The van der Waals surface area contributed by atoms with Crippen LogP contribution in [0.1, 0.15) is 39.9 Å². The van der Waals surface area contributed by atoms with Crippen LogP contribution in [-0.2, 0) is 19.1 Å². The van der Waals surface area contributed by atoms with Crippen LogP contribution < -0.4 is 4.90 Å². The van der Waals surface area contributed by atoms with E-state index in [0.717, 1.165) is 35.8 Å². The first-order valence-corrected chi connectivity index (χ1v) is 8.74. The number of fused-ring (bicyclic) bond motifs is 1. The molecule has 2 aromatic rings. The molecule has 0 saturated heterocycles. The van der Waals surface area contributed by atoms with Crippen molar-refractivity contribution in [3.05, 3.63) is 52.5 Å². The summed E-state index contributed by atoms with van der Waals surface area (Å²) in [6.07, 6.45) is -3.82. The number of hydrogen-bond donors (Lipinski definition) is 0. The SMILES string of the molecule is CCN(C)c1nc(C)nc2c1CN(C(=O)c1ccc(C(F)(F)F)cc1)CC2. The van der Waals surface area contributed by atoms with Gasteiger partial charge in [-0.25, -0.2) is 9.97 Å². The molecule has 0 N–H and O–H groups in total. The zero-order valence-electron chi connectivity index (χ0n) is 15.5. The number of benzene rings is 1. The van der Waals surface area contributed by atoms with Crippen molar-refractivity contribution in [2.24, 2.45) is 0 Å². The van der Waals surface area contributed by atoms with E-state index in [4.69, 9.17) is 0 Å². The molecule has 0 bridgehead atoms. The first kappa shape index (κ1) is 19.1. The van der Waals surface area contributed by atoms with Gasteiger partial charge in [-0.1, -0.05) is 0 Å². The summed E-state index contributed by atoms with van der Waals surface area (Å²) < 4.78 is 38.1. The van der Waals surface area contributed by atoms with Gasteiger partial charge in [0.15, 0.2) is 0 Å². The van der Waals surface area contributed by atoms with Crippen LogP contribution in [0.4, 0.5) is 19.0 Å². The third kappa shape index (κ3) is 3.89. The van der Waals surface area contributed by atoms with Crippen LogP contribution in [0, 0.1) is 6.92 Å². The lowest BCUT2D eigenvalue weighted by atomic mass is 10.0. The third-order valence-corrected chi connectivity index (χ3v) is 4.73. The highest BCUT2D eigenvalue weighted by atomic mass is 19.4. The third-order valence-electron chi connectivity index (χ3n) is 4.73. The van der Waals surface area contributed by atoms with Crippen LogP contribution in [0.3, 0.4) is 0 Å². The first-order valence-electron chi connectivity index (χ1n) is 8.74. The first-order chi connectivity index (χ1) is 12.7. The molecule has 1 aliphatic heterocycles. The fourth-order valence-electron chi connectivity index (χ4n) is 3.14. The molecule has 2 heterocycles. The fourth-order valence-corrected chi connectivity index (χ4v) is 3.14. The van der Waals surface area contributed by atoms with E-state index in [0.29, 0.717) is 25.3 Å². The van der Waals surface area contributed by atoms with Gasteiger partial charge in [-0.15, -0.1) is 0 Å². The van der Waals surface area contributed by atoms with Gasteiger partial charge in [0, 0.05) is 37.7 Å². The van der Waals surface area contributed by atoms with Gasteiger partial charge in [0.05, 0.1) is 17.8 Å². The van der Waals surface area contributed by atoms with Crippen molar-refractivity contribution in [3.8, 4) is 0 Å². The van der Waals surface area contributed by atoms with Crippen LogP contribution >= 0.6 is 0 Å². The molecule has 27 heavy (non-hydrogen) atoms. The average molecular weight is 378 g/mol. The molecule has 0 spiro atoms. The minimum atomic E-state index is -4.42. The smallest absolute Gasteiger partial charge is 0.360 e. The van der Waals surface area contributed by atoms with Crippen molar-refractivity contribution in [3.63, 3.8) is 0 Å². The summed E-state index contributed by atoms with van der Waals surface area (Å²) in [4.78, 5) is 25.4. The number of carbonyl (C=O) groups is 1. The van der Waals surface area contributed by atoms with E-state index in [-0.39, 0.29) is 11.5 Å². The van der Waals surface area contributed by atoms with Crippen molar-refractivity contribution in [2.75, 3.05) is 25.0 Å². The zero-order valence-corrected chi connectivity index (χ0v) is 15.5. The van der Waals surface area contributed by atoms with Crippen molar-refractivity contribution in [1.82, 2.24) is 14.9 Å². The van der Waals surface area contributed by atoms with Gasteiger partial charge in [-0.3, -0.25) is 4.79 Å². The van der Waals surface area contributed by atoms with Gasteiger partial charge < -0.3 is 9.80 Å². The number of amides is 1. The Morgan fingerprint density at radius 1 is 1.22 bits per heavy atom. The lowest BCUT2D eigenvalue weighted by Crippen LogP contribution is -2.38. The van der Waals surface area contributed by atoms with E-state index in [9.17, 15) is 18.0 Å². The maximum atomic E-state index is 12.8. The second-order valence-electron chi connectivity index (χ2n) is 6.59. The molecule has 1 aromatic carbocycles. The molecular weight excluding hydrogens is 357 g/mol. The Hall–Kier alpha value is -2.64. The normalized spacial score (nSPS) is 14.1. The molecule has 0 unspecified atom stereocenters. The van der Waals surface area contributed by atoms with Crippen LogP contribution in [0.5, 0.6) is 0 Å². The lowest BCUT2D eigenvalue weighted by molar-refractivity contribution is -0.137. The summed E-state index contributed by atoms with van der Waals surface area (Å²) >= 11 is 0. The predicted molar refractivity (Wildman–Crippen MR) is 95.6 cm³/mol. The number of nitrogens with zero attached hydrogens (tertiary/aromatic N) is 4. The molecule has 144 valence electrons. The average Bonchev–Trinajstić information content (AvgIpc) is 2.65. The van der Waals surface area contributed by atoms with E-state index in [2.05, 4.69) is 9.97 Å². The summed E-state index contributed by atoms with van der Waals surface area (Å²) in [6, 6.07) is 4.33. The number of rotatable bonds is 3. The molecular formula is C19H21F3N4O. The Bertz CT molecular complexity index is 849. The topological polar surface area (TPSA) is 49.3 Å². The fraction of sp³-hybridized carbons (Fsp3) is 0.421. The monoisotopic (exact) mass is 378 g/mol. The van der Waals surface area contributed by atoms with Crippen molar-refractivity contribution in [2.45, 2.75) is 33.0 Å². The predicted octanol–water partition coefficient (Wildman–Crippen LogP) is 3.46. The highest BCUT2D eigenvalue weighted by Gasteiger charge is 2.31. The van der Waals surface area contributed by atoms with Gasteiger partial charge >= 0.3 is 6.18 Å².